The van der Waals surface area contributed by atoms with Crippen LogP contribution in [0.4, 0.5) is 0 Å². The Hall–Kier alpha value is -1.31. The first-order valence-electron chi connectivity index (χ1n) is 4.56. The molecule has 0 saturated carbocycles. The Morgan fingerprint density at radius 2 is 2.23 bits per heavy atom. The lowest BCUT2D eigenvalue weighted by molar-refractivity contribution is 0.804. The van der Waals surface area contributed by atoms with Gasteiger partial charge in [0.2, 0.25) is 0 Å². The van der Waals surface area contributed by atoms with Gasteiger partial charge >= 0.3 is 0 Å². The van der Waals surface area contributed by atoms with Crippen molar-refractivity contribution in [3.05, 3.63) is 39.3 Å². The Kier molecular flexibility index (Phi) is 1.83. The first kappa shape index (κ1) is 8.30. The molecule has 1 aromatic rings. The highest BCUT2D eigenvalue weighted by Gasteiger charge is 2.10. The number of aryl methyl sites for hydroxylation is 1. The molecule has 1 aromatic heterocycles. The number of fused-ring (bicyclic) bond motifs is 1. The van der Waals surface area contributed by atoms with Gasteiger partial charge in [0.05, 0.1) is 0 Å². The maximum Gasteiger partial charge on any atom is 0.250 e. The van der Waals surface area contributed by atoms with Crippen LogP contribution in [0.3, 0.4) is 0 Å². The molecule has 0 amide bonds. The molecule has 0 spiro atoms. The second-order valence-corrected chi connectivity index (χ2v) is 3.53. The lowest BCUT2D eigenvalue weighted by atomic mass is 9.97. The fraction of sp³-hybridized carbons (Fsp3) is 0.364. The Labute approximate surface area is 77.5 Å². The molecule has 2 rings (SSSR count). The van der Waals surface area contributed by atoms with Gasteiger partial charge in [-0.1, -0.05) is 6.08 Å². The van der Waals surface area contributed by atoms with Crippen LogP contribution in [0.25, 0.3) is 6.08 Å². The summed E-state index contributed by atoms with van der Waals surface area (Å²) < 4.78 is 1.72. The van der Waals surface area contributed by atoms with E-state index in [0.29, 0.717) is 0 Å². The zero-order valence-corrected chi connectivity index (χ0v) is 8.00. The zero-order valence-electron chi connectivity index (χ0n) is 8.00. The van der Waals surface area contributed by atoms with Crippen LogP contribution in [-0.2, 0) is 13.5 Å². The monoisotopic (exact) mass is 175 g/mol. The minimum atomic E-state index is 0.0859. The number of hydrogen-bond donors (Lipinski definition) is 0. The number of rotatable bonds is 0. The van der Waals surface area contributed by atoms with Gasteiger partial charge in [-0.25, -0.2) is 0 Å². The van der Waals surface area contributed by atoms with E-state index in [4.69, 9.17) is 0 Å². The number of pyridine rings is 1. The molecule has 2 heteroatoms. The highest BCUT2D eigenvalue weighted by molar-refractivity contribution is 5.54. The van der Waals surface area contributed by atoms with Crippen molar-refractivity contribution in [1.29, 1.82) is 0 Å². The molecule has 0 N–H and O–H groups in total. The van der Waals surface area contributed by atoms with Gasteiger partial charge in [-0.05, 0) is 37.0 Å². The van der Waals surface area contributed by atoms with Gasteiger partial charge in [-0.2, -0.15) is 0 Å². The molecule has 2 nitrogen and oxygen atoms in total. The first-order chi connectivity index (χ1) is 6.20. The Bertz CT molecular complexity index is 426. The van der Waals surface area contributed by atoms with Gasteiger partial charge in [-0.3, -0.25) is 4.79 Å². The van der Waals surface area contributed by atoms with Crippen LogP contribution >= 0.6 is 0 Å². The van der Waals surface area contributed by atoms with Crippen molar-refractivity contribution in [1.82, 2.24) is 4.57 Å². The lowest BCUT2D eigenvalue weighted by Gasteiger charge is -2.16. The second kappa shape index (κ2) is 2.87. The minimum Gasteiger partial charge on any atom is -0.312 e. The van der Waals surface area contributed by atoms with Gasteiger partial charge < -0.3 is 4.57 Å². The fourth-order valence-corrected chi connectivity index (χ4v) is 1.85. The van der Waals surface area contributed by atoms with E-state index in [1.54, 1.807) is 10.6 Å². The van der Waals surface area contributed by atoms with Gasteiger partial charge in [0.1, 0.15) is 0 Å². The normalized spacial score (nSPS) is 14.3. The van der Waals surface area contributed by atoms with Gasteiger partial charge in [-0.15, -0.1) is 0 Å². The van der Waals surface area contributed by atoms with E-state index in [9.17, 15) is 4.79 Å². The average molecular weight is 175 g/mol. The van der Waals surface area contributed by atoms with Crippen LogP contribution in [0, 0.1) is 6.92 Å². The van der Waals surface area contributed by atoms with E-state index in [0.717, 1.165) is 24.1 Å². The Morgan fingerprint density at radius 3 is 3.00 bits per heavy atom. The highest BCUT2D eigenvalue weighted by atomic mass is 16.1. The summed E-state index contributed by atoms with van der Waals surface area (Å²) in [6.07, 6.45) is 6.33. The molecule has 13 heavy (non-hydrogen) atoms. The fourth-order valence-electron chi connectivity index (χ4n) is 1.85. The topological polar surface area (TPSA) is 22.0 Å². The summed E-state index contributed by atoms with van der Waals surface area (Å²) in [5.74, 6) is 0. The van der Waals surface area contributed by atoms with E-state index in [2.05, 4.69) is 6.08 Å². The summed E-state index contributed by atoms with van der Waals surface area (Å²) in [5, 5.41) is 0. The van der Waals surface area contributed by atoms with Crippen molar-refractivity contribution in [3.63, 3.8) is 0 Å². The molecule has 0 radical (unpaired) electrons. The molecule has 0 aromatic carbocycles. The molecule has 1 heterocycles. The number of allylic oxidation sites excluding steroid dienone is 1. The van der Waals surface area contributed by atoms with Crippen LogP contribution in [-0.4, -0.2) is 4.57 Å². The highest BCUT2D eigenvalue weighted by Crippen LogP contribution is 2.19. The smallest absolute Gasteiger partial charge is 0.250 e. The zero-order chi connectivity index (χ0) is 9.42. The largest absolute Gasteiger partial charge is 0.312 e. The van der Waals surface area contributed by atoms with Crippen LogP contribution in [0.15, 0.2) is 16.9 Å². The van der Waals surface area contributed by atoms with Gasteiger partial charge in [0.25, 0.3) is 5.56 Å². The summed E-state index contributed by atoms with van der Waals surface area (Å²) >= 11 is 0. The Morgan fingerprint density at radius 1 is 1.46 bits per heavy atom. The van der Waals surface area contributed by atoms with Crippen LogP contribution in [0.1, 0.15) is 23.2 Å². The lowest BCUT2D eigenvalue weighted by Crippen LogP contribution is -2.21. The van der Waals surface area contributed by atoms with Gasteiger partial charge in [0, 0.05) is 18.8 Å². The van der Waals surface area contributed by atoms with Crippen molar-refractivity contribution >= 4 is 6.08 Å². The minimum absolute atomic E-state index is 0.0859. The van der Waals surface area contributed by atoms with Gasteiger partial charge in [0.15, 0.2) is 0 Å². The maximum absolute atomic E-state index is 11.4. The van der Waals surface area contributed by atoms with Crippen LogP contribution < -0.4 is 5.56 Å². The van der Waals surface area contributed by atoms with Crippen molar-refractivity contribution in [3.8, 4) is 0 Å². The van der Waals surface area contributed by atoms with Crippen molar-refractivity contribution in [2.75, 3.05) is 0 Å². The average Bonchev–Trinajstić information content (AvgIpc) is 2.15. The molecule has 0 atom stereocenters. The predicted octanol–water partition coefficient (Wildman–Crippen LogP) is 1.65. The maximum atomic E-state index is 11.4. The summed E-state index contributed by atoms with van der Waals surface area (Å²) in [6.45, 7) is 2.01. The summed E-state index contributed by atoms with van der Waals surface area (Å²) in [7, 11) is 1.83. The molecule has 0 aliphatic heterocycles. The molecule has 0 bridgehead atoms. The van der Waals surface area contributed by atoms with E-state index >= 15 is 0 Å². The quantitative estimate of drug-likeness (QED) is 0.587. The van der Waals surface area contributed by atoms with Crippen molar-refractivity contribution in [2.45, 2.75) is 19.8 Å². The molecule has 0 unspecified atom stereocenters. The predicted molar refractivity (Wildman–Crippen MR) is 53.8 cm³/mol. The third-order valence-corrected chi connectivity index (χ3v) is 2.65. The van der Waals surface area contributed by atoms with E-state index in [-0.39, 0.29) is 5.56 Å². The van der Waals surface area contributed by atoms with E-state index in [1.807, 2.05) is 20.0 Å². The SMILES string of the molecule is Cc1cc(=O)n(C)c2c1CCC=C2. The van der Waals surface area contributed by atoms with E-state index < -0.39 is 0 Å². The molecule has 1 aliphatic rings. The van der Waals surface area contributed by atoms with Crippen molar-refractivity contribution in [2.24, 2.45) is 7.05 Å². The van der Waals surface area contributed by atoms with Crippen molar-refractivity contribution < 1.29 is 0 Å². The molecule has 0 saturated heterocycles. The third kappa shape index (κ3) is 1.22. The number of nitrogens with zero attached hydrogens (tertiary/aromatic N) is 1. The molecule has 0 fully saturated rings. The standard InChI is InChI=1S/C11H13NO/c1-8-7-11(13)12(2)10-6-4-3-5-9(8)10/h4,6-7H,3,5H2,1-2H3. The summed E-state index contributed by atoms with van der Waals surface area (Å²) in [6, 6.07) is 1.72. The first-order valence-corrected chi connectivity index (χ1v) is 4.56. The summed E-state index contributed by atoms with van der Waals surface area (Å²) in [4.78, 5) is 11.4. The van der Waals surface area contributed by atoms with Crippen LogP contribution in [0.5, 0.6) is 0 Å². The summed E-state index contributed by atoms with van der Waals surface area (Å²) in [5.41, 5.74) is 3.62. The third-order valence-electron chi connectivity index (χ3n) is 2.65. The second-order valence-electron chi connectivity index (χ2n) is 3.53. The number of hydrogen-bond acceptors (Lipinski definition) is 1. The number of aromatic nitrogens is 1. The molecular weight excluding hydrogens is 162 g/mol. The Balaban J connectivity index is 2.79. The molecule has 1 aliphatic carbocycles. The van der Waals surface area contributed by atoms with Crippen LogP contribution in [0.2, 0.25) is 0 Å². The van der Waals surface area contributed by atoms with E-state index in [1.165, 1.54) is 5.56 Å². The molecule has 68 valence electrons. The molecular formula is C11H13NO.